The molecule has 3 aromatic rings. The predicted molar refractivity (Wildman–Crippen MR) is 176 cm³/mol. The number of fused-ring (bicyclic) bond motifs is 3. The number of phenolic OH excluding ortho intramolecular Hbond substituents is 1. The molecule has 0 spiro atoms. The number of nitrogens with zero attached hydrogens (tertiary/aromatic N) is 2. The van der Waals surface area contributed by atoms with Crippen LogP contribution in [-0.4, -0.2) is 76.9 Å². The van der Waals surface area contributed by atoms with Crippen molar-refractivity contribution in [1.82, 2.24) is 9.80 Å². The molecule has 1 saturated carbocycles. The van der Waals surface area contributed by atoms with Gasteiger partial charge in [-0.1, -0.05) is 42.5 Å². The number of aliphatic hydroxyl groups is 2. The number of hydrogen-bond acceptors (Lipinski definition) is 9. The van der Waals surface area contributed by atoms with E-state index in [2.05, 4.69) is 17.0 Å². The van der Waals surface area contributed by atoms with Crippen molar-refractivity contribution in [1.29, 1.82) is 0 Å². The number of phenols is 1. The number of carbonyl (C=O) groups excluding carboxylic acids is 3. The molecule has 3 aromatic carbocycles. The van der Waals surface area contributed by atoms with Gasteiger partial charge in [-0.05, 0) is 86.3 Å². The second-order valence-electron chi connectivity index (χ2n) is 13.0. The lowest BCUT2D eigenvalue weighted by Crippen LogP contribution is -2.55. The number of nitrogens with two attached hydrogens (primary N) is 1. The Balaban J connectivity index is 1.42. The molecule has 4 atom stereocenters. The molecule has 3 aliphatic rings. The number of rotatable bonds is 8. The lowest BCUT2D eigenvalue weighted by molar-refractivity contribution is -0.136. The van der Waals surface area contributed by atoms with Gasteiger partial charge >= 0.3 is 0 Å². The van der Waals surface area contributed by atoms with E-state index in [1.807, 2.05) is 43.4 Å². The van der Waals surface area contributed by atoms with E-state index in [-0.39, 0.29) is 35.5 Å². The summed E-state index contributed by atoms with van der Waals surface area (Å²) < 4.78 is 5.77. The summed E-state index contributed by atoms with van der Waals surface area (Å²) in [5.74, 6) is -5.45. The van der Waals surface area contributed by atoms with Crippen LogP contribution in [0.15, 0.2) is 77.6 Å². The molecule has 0 bridgehead atoms. The van der Waals surface area contributed by atoms with Gasteiger partial charge in [0.2, 0.25) is 0 Å². The van der Waals surface area contributed by atoms with Gasteiger partial charge in [0.25, 0.3) is 5.91 Å². The Hall–Kier alpha value is -4.93. The number of benzene rings is 3. The maximum atomic E-state index is 14.1. The number of methoxy groups -OCH3 is 1. The Morgan fingerprint density at radius 1 is 0.915 bits per heavy atom. The highest BCUT2D eigenvalue weighted by Gasteiger charge is 2.55. The molecule has 0 radical (unpaired) electrons. The summed E-state index contributed by atoms with van der Waals surface area (Å²) in [6.45, 7) is 1.42. The van der Waals surface area contributed by atoms with Crippen LogP contribution < -0.4 is 10.5 Å². The number of likely N-dealkylation sites (N-methyl/N-ethyl adjacent to an activating group) is 1. The zero-order valence-electron chi connectivity index (χ0n) is 26.9. The average molecular weight is 638 g/mol. The van der Waals surface area contributed by atoms with E-state index in [4.69, 9.17) is 10.5 Å². The van der Waals surface area contributed by atoms with Gasteiger partial charge in [0.05, 0.1) is 24.6 Å². The van der Waals surface area contributed by atoms with Gasteiger partial charge in [-0.3, -0.25) is 24.2 Å². The van der Waals surface area contributed by atoms with Crippen LogP contribution in [0.2, 0.25) is 0 Å². The molecule has 0 heterocycles. The number of allylic oxidation sites excluding steroid dienone is 1. The predicted octanol–water partition coefficient (Wildman–Crippen LogP) is 4.16. The fourth-order valence-corrected chi connectivity index (χ4v) is 7.85. The number of amides is 1. The summed E-state index contributed by atoms with van der Waals surface area (Å²) in [5, 5.41) is 33.8. The number of aromatic hydroxyl groups is 1. The minimum absolute atomic E-state index is 0.0468. The van der Waals surface area contributed by atoms with Gasteiger partial charge in [-0.2, -0.15) is 0 Å². The highest BCUT2D eigenvalue weighted by molar-refractivity contribution is 6.28. The summed E-state index contributed by atoms with van der Waals surface area (Å²) in [6, 6.07) is 18.6. The van der Waals surface area contributed by atoms with Crippen LogP contribution >= 0.6 is 0 Å². The molecule has 244 valence electrons. The lowest BCUT2D eigenvalue weighted by atomic mass is 9.59. The molecule has 1 fully saturated rings. The van der Waals surface area contributed by atoms with Crippen molar-refractivity contribution < 1.29 is 34.4 Å². The number of ether oxygens (including phenoxy) is 1. The fraction of sp³-hybridized carbons (Fsp3) is 0.324. The van der Waals surface area contributed by atoms with E-state index in [1.54, 1.807) is 32.2 Å². The van der Waals surface area contributed by atoms with Gasteiger partial charge in [-0.15, -0.1) is 0 Å². The number of carbonyl (C=O) groups is 3. The zero-order chi connectivity index (χ0) is 33.7. The monoisotopic (exact) mass is 637 g/mol. The first-order valence-corrected chi connectivity index (χ1v) is 15.6. The number of Topliss-reactive ketones (excluding diaryl/α,β-unsaturated/α-hetero) is 2. The zero-order valence-corrected chi connectivity index (χ0v) is 26.9. The highest BCUT2D eigenvalue weighted by Crippen LogP contribution is 2.52. The molecule has 5 N–H and O–H groups in total. The van der Waals surface area contributed by atoms with Crippen LogP contribution in [0.25, 0.3) is 16.9 Å². The molecule has 6 rings (SSSR count). The summed E-state index contributed by atoms with van der Waals surface area (Å²) in [5.41, 5.74) is 9.47. The third-order valence-electron chi connectivity index (χ3n) is 9.75. The second kappa shape index (κ2) is 12.4. The summed E-state index contributed by atoms with van der Waals surface area (Å²) in [7, 11) is 7.03. The number of hydrogen-bond donors (Lipinski definition) is 4. The second-order valence-corrected chi connectivity index (χ2v) is 13.0. The molecule has 10 heteroatoms. The van der Waals surface area contributed by atoms with Gasteiger partial charge in [0, 0.05) is 24.2 Å². The highest BCUT2D eigenvalue weighted by atomic mass is 16.5. The Morgan fingerprint density at radius 2 is 1.62 bits per heavy atom. The van der Waals surface area contributed by atoms with Crippen molar-refractivity contribution in [2.24, 2.45) is 23.5 Å². The smallest absolute Gasteiger partial charge is 0.255 e. The number of ketones is 2. The third-order valence-corrected chi connectivity index (χ3v) is 9.75. The van der Waals surface area contributed by atoms with Crippen molar-refractivity contribution in [2.45, 2.75) is 32.0 Å². The van der Waals surface area contributed by atoms with E-state index in [1.165, 1.54) is 11.6 Å². The molecule has 1 amide bonds. The Labute approximate surface area is 273 Å². The largest absolute Gasteiger partial charge is 0.510 e. The van der Waals surface area contributed by atoms with Crippen LogP contribution in [0.5, 0.6) is 11.5 Å². The van der Waals surface area contributed by atoms with Gasteiger partial charge in [0.15, 0.2) is 11.6 Å². The quantitative estimate of drug-likeness (QED) is 0.211. The van der Waals surface area contributed by atoms with E-state index in [0.717, 1.165) is 23.2 Å². The summed E-state index contributed by atoms with van der Waals surface area (Å²) >= 11 is 0. The number of aliphatic hydroxyl groups excluding tert-OH is 2. The molecule has 3 aliphatic carbocycles. The standard InChI is InChI=1S/C37H39N3O7/c1-39(2)32-25-16-21-15-24-22(23-14-20(10-13-27(23)47-4)18-40(3)17-19-8-6-5-7-9-19)11-12-26(41)29(24)33(42)28(21)34(43)30(25)35(44)31(36(32)45)37(38)46/h5-14,21,25,30,32,41-42,45H,15-18H2,1-4H3,(H2,38,46)/t21?,25?,30?,32-/m0/s1. The van der Waals surface area contributed by atoms with Crippen molar-refractivity contribution in [3.63, 3.8) is 0 Å². The van der Waals surface area contributed by atoms with Crippen molar-refractivity contribution in [3.05, 3.63) is 99.8 Å². The average Bonchev–Trinajstić information content (AvgIpc) is 3.01. The first-order chi connectivity index (χ1) is 22.4. The Kier molecular flexibility index (Phi) is 8.42. The van der Waals surface area contributed by atoms with Crippen LogP contribution in [-0.2, 0) is 33.9 Å². The SMILES string of the molecule is COc1ccc(CN(C)Cc2ccccc2)cc1-c1ccc(O)c2c1CC1CC3C(C(=O)C(C(N)=O)=C(O)[C@H]3N(C)C)C(=O)C1=C2O. The van der Waals surface area contributed by atoms with Crippen LogP contribution in [0.4, 0.5) is 0 Å². The van der Waals surface area contributed by atoms with Gasteiger partial charge < -0.3 is 25.8 Å². The van der Waals surface area contributed by atoms with Crippen molar-refractivity contribution >= 4 is 23.2 Å². The Bertz CT molecular complexity index is 1850. The van der Waals surface area contributed by atoms with E-state index >= 15 is 0 Å². The molecule has 10 nitrogen and oxygen atoms in total. The first kappa shape index (κ1) is 32.0. The van der Waals surface area contributed by atoms with Gasteiger partial charge in [-0.25, -0.2) is 0 Å². The van der Waals surface area contributed by atoms with Crippen molar-refractivity contribution in [2.75, 3.05) is 28.3 Å². The molecule has 3 unspecified atom stereocenters. The molecule has 0 saturated heterocycles. The topological polar surface area (TPSA) is 154 Å². The third kappa shape index (κ3) is 5.47. The van der Waals surface area contributed by atoms with Crippen LogP contribution in [0.1, 0.15) is 28.7 Å². The van der Waals surface area contributed by atoms with Gasteiger partial charge in [0.1, 0.15) is 28.6 Å². The molecule has 0 aromatic heterocycles. The maximum Gasteiger partial charge on any atom is 0.255 e. The minimum Gasteiger partial charge on any atom is -0.510 e. The fourth-order valence-electron chi connectivity index (χ4n) is 7.85. The first-order valence-electron chi connectivity index (χ1n) is 15.6. The van der Waals surface area contributed by atoms with E-state index < -0.39 is 52.6 Å². The Morgan fingerprint density at radius 3 is 2.28 bits per heavy atom. The van der Waals surface area contributed by atoms with Crippen LogP contribution in [0.3, 0.4) is 0 Å². The van der Waals surface area contributed by atoms with E-state index in [9.17, 15) is 29.7 Å². The minimum atomic E-state index is -1.30. The maximum absolute atomic E-state index is 14.1. The summed E-state index contributed by atoms with van der Waals surface area (Å²) in [6.07, 6.45) is 0.562. The molecular formula is C37H39N3O7. The van der Waals surface area contributed by atoms with Crippen molar-refractivity contribution in [3.8, 4) is 22.6 Å². The summed E-state index contributed by atoms with van der Waals surface area (Å²) in [4.78, 5) is 43.7. The van der Waals surface area contributed by atoms with Crippen LogP contribution in [0, 0.1) is 17.8 Å². The van der Waals surface area contributed by atoms with E-state index in [0.29, 0.717) is 17.9 Å². The molecule has 47 heavy (non-hydrogen) atoms. The normalized spacial score (nSPS) is 22.3. The lowest BCUT2D eigenvalue weighted by Gasteiger charge is -2.46. The molecular weight excluding hydrogens is 598 g/mol. The number of primary amides is 1. The molecule has 0 aliphatic heterocycles.